The van der Waals surface area contributed by atoms with Gasteiger partial charge in [0.1, 0.15) is 5.82 Å². The maximum absolute atomic E-state index is 10.3. The van der Waals surface area contributed by atoms with Crippen LogP contribution in [0.3, 0.4) is 0 Å². The minimum absolute atomic E-state index is 0.474. The van der Waals surface area contributed by atoms with Gasteiger partial charge in [0.15, 0.2) is 0 Å². The number of nitrogens with zero attached hydrogens (tertiary/aromatic N) is 1. The Hall–Kier alpha value is -1.78. The Morgan fingerprint density at radius 3 is 3.24 bits per heavy atom. The van der Waals surface area contributed by atoms with Gasteiger partial charge >= 0.3 is 6.09 Å². The number of carbonyl (C=O) groups is 1. The molecule has 1 aliphatic rings. The number of nitrogens with one attached hydrogen (secondary N) is 2. The molecule has 0 aliphatic carbocycles. The lowest BCUT2D eigenvalue weighted by Gasteiger charge is -2.17. The van der Waals surface area contributed by atoms with Crippen LogP contribution in [0.5, 0.6) is 0 Å². The summed E-state index contributed by atoms with van der Waals surface area (Å²) in [6.07, 6.45) is 2.87. The molecule has 1 aliphatic heterocycles. The highest BCUT2D eigenvalue weighted by Gasteiger charge is 2.09. The van der Waals surface area contributed by atoms with Crippen molar-refractivity contribution in [1.29, 1.82) is 0 Å². The van der Waals surface area contributed by atoms with Crippen LogP contribution in [0.1, 0.15) is 24.1 Å². The average Bonchev–Trinajstić information content (AvgIpc) is 2.34. The van der Waals surface area contributed by atoms with Crippen LogP contribution in [0.2, 0.25) is 0 Å². The summed E-state index contributed by atoms with van der Waals surface area (Å²) >= 11 is 0. The fourth-order valence-electron chi connectivity index (χ4n) is 1.97. The van der Waals surface area contributed by atoms with Crippen molar-refractivity contribution in [3.05, 3.63) is 23.4 Å². The molecular formula is C12H17N3O2. The highest BCUT2D eigenvalue weighted by atomic mass is 16.4. The average molecular weight is 235 g/mol. The quantitative estimate of drug-likeness (QED) is 0.693. The van der Waals surface area contributed by atoms with Gasteiger partial charge in [-0.3, -0.25) is 0 Å². The zero-order chi connectivity index (χ0) is 12.1. The number of aryl methyl sites for hydroxylation is 2. The highest BCUT2D eigenvalue weighted by Crippen LogP contribution is 2.19. The molecule has 0 radical (unpaired) electrons. The van der Waals surface area contributed by atoms with E-state index in [1.165, 1.54) is 5.56 Å². The second-order valence-electron chi connectivity index (χ2n) is 4.18. The second-order valence-corrected chi connectivity index (χ2v) is 4.18. The molecule has 2 rings (SSSR count). The van der Waals surface area contributed by atoms with Gasteiger partial charge in [0.25, 0.3) is 0 Å². The third-order valence-corrected chi connectivity index (χ3v) is 2.84. The van der Waals surface area contributed by atoms with E-state index in [1.54, 1.807) is 0 Å². The monoisotopic (exact) mass is 235 g/mol. The van der Waals surface area contributed by atoms with Crippen molar-refractivity contribution in [3.8, 4) is 0 Å². The summed E-state index contributed by atoms with van der Waals surface area (Å²) in [5, 5.41) is 14.1. The largest absolute Gasteiger partial charge is 0.465 e. The van der Waals surface area contributed by atoms with Gasteiger partial charge in [-0.1, -0.05) is 6.07 Å². The lowest BCUT2D eigenvalue weighted by Crippen LogP contribution is -2.22. The van der Waals surface area contributed by atoms with E-state index in [1.807, 2.05) is 6.07 Å². The van der Waals surface area contributed by atoms with Crippen molar-refractivity contribution in [2.45, 2.75) is 25.7 Å². The maximum Gasteiger partial charge on any atom is 0.404 e. The van der Waals surface area contributed by atoms with Gasteiger partial charge in [0.2, 0.25) is 0 Å². The zero-order valence-corrected chi connectivity index (χ0v) is 9.70. The second kappa shape index (κ2) is 5.52. The minimum atomic E-state index is -0.968. The lowest BCUT2D eigenvalue weighted by molar-refractivity contribution is 0.194. The molecule has 1 aromatic rings. The number of rotatable bonds is 4. The summed E-state index contributed by atoms with van der Waals surface area (Å²) in [6, 6.07) is 4.15. The van der Waals surface area contributed by atoms with E-state index in [4.69, 9.17) is 5.11 Å². The molecule has 5 nitrogen and oxygen atoms in total. The highest BCUT2D eigenvalue weighted by molar-refractivity contribution is 5.64. The Kier molecular flexibility index (Phi) is 3.80. The van der Waals surface area contributed by atoms with Crippen LogP contribution in [0.25, 0.3) is 0 Å². The lowest BCUT2D eigenvalue weighted by atomic mass is 10.1. The smallest absolute Gasteiger partial charge is 0.404 e. The number of anilines is 1. The molecule has 17 heavy (non-hydrogen) atoms. The Labute approximate surface area is 100 Å². The summed E-state index contributed by atoms with van der Waals surface area (Å²) in [5.41, 5.74) is 2.30. The summed E-state index contributed by atoms with van der Waals surface area (Å²) in [6.45, 7) is 1.46. The molecule has 0 saturated heterocycles. The van der Waals surface area contributed by atoms with E-state index < -0.39 is 6.09 Å². The first-order valence-electron chi connectivity index (χ1n) is 5.95. The predicted octanol–water partition coefficient (Wildman–Crippen LogP) is 1.64. The summed E-state index contributed by atoms with van der Waals surface area (Å²) < 4.78 is 0. The van der Waals surface area contributed by atoms with Crippen molar-refractivity contribution in [2.75, 3.05) is 18.4 Å². The van der Waals surface area contributed by atoms with Crippen LogP contribution in [-0.4, -0.2) is 29.3 Å². The molecule has 0 unspecified atom stereocenters. The van der Waals surface area contributed by atoms with Gasteiger partial charge in [-0.25, -0.2) is 9.78 Å². The van der Waals surface area contributed by atoms with Crippen molar-refractivity contribution < 1.29 is 9.90 Å². The molecule has 0 fully saturated rings. The van der Waals surface area contributed by atoms with Crippen LogP contribution in [-0.2, 0) is 12.8 Å². The minimum Gasteiger partial charge on any atom is -0.465 e. The molecular weight excluding hydrogens is 218 g/mol. The summed E-state index contributed by atoms with van der Waals surface area (Å²) in [4.78, 5) is 14.8. The van der Waals surface area contributed by atoms with Gasteiger partial charge in [-0.15, -0.1) is 0 Å². The van der Waals surface area contributed by atoms with Crippen molar-refractivity contribution in [3.63, 3.8) is 0 Å². The molecule has 1 aromatic heterocycles. The topological polar surface area (TPSA) is 74.2 Å². The molecule has 0 bridgehead atoms. The number of carboxylic acid groups (broad SMARTS) is 1. The van der Waals surface area contributed by atoms with Gasteiger partial charge in [-0.05, 0) is 37.3 Å². The number of aromatic nitrogens is 1. The summed E-state index contributed by atoms with van der Waals surface area (Å²) in [5.74, 6) is 1.000. The number of hydrogen-bond donors (Lipinski definition) is 3. The van der Waals surface area contributed by atoms with E-state index in [9.17, 15) is 4.79 Å². The molecule has 0 saturated carbocycles. The fraction of sp³-hybridized carbons (Fsp3) is 0.500. The van der Waals surface area contributed by atoms with Crippen LogP contribution in [0.15, 0.2) is 12.1 Å². The Morgan fingerprint density at radius 2 is 2.41 bits per heavy atom. The van der Waals surface area contributed by atoms with Crippen molar-refractivity contribution in [2.24, 2.45) is 0 Å². The SMILES string of the molecule is O=C(O)NCCCc1ccc2c(n1)NCCC2. The van der Waals surface area contributed by atoms with E-state index in [0.717, 1.165) is 43.7 Å². The molecule has 0 atom stereocenters. The Morgan fingerprint density at radius 1 is 1.53 bits per heavy atom. The van der Waals surface area contributed by atoms with E-state index >= 15 is 0 Å². The van der Waals surface area contributed by atoms with Crippen molar-refractivity contribution in [1.82, 2.24) is 10.3 Å². The number of fused-ring (bicyclic) bond motifs is 1. The third kappa shape index (κ3) is 3.34. The molecule has 92 valence electrons. The molecule has 5 heteroatoms. The van der Waals surface area contributed by atoms with E-state index in [2.05, 4.69) is 21.7 Å². The van der Waals surface area contributed by atoms with Crippen molar-refractivity contribution >= 4 is 11.9 Å². The Balaban J connectivity index is 1.86. The Bertz CT molecular complexity index is 407. The third-order valence-electron chi connectivity index (χ3n) is 2.84. The first-order chi connectivity index (χ1) is 8.25. The van der Waals surface area contributed by atoms with Gasteiger partial charge < -0.3 is 15.7 Å². The van der Waals surface area contributed by atoms with Crippen LogP contribution >= 0.6 is 0 Å². The van der Waals surface area contributed by atoms with Gasteiger partial charge in [-0.2, -0.15) is 0 Å². The molecule has 1 amide bonds. The van der Waals surface area contributed by atoms with Crippen LogP contribution < -0.4 is 10.6 Å². The first-order valence-corrected chi connectivity index (χ1v) is 5.95. The zero-order valence-electron chi connectivity index (χ0n) is 9.70. The number of pyridine rings is 1. The first kappa shape index (κ1) is 11.7. The van der Waals surface area contributed by atoms with E-state index in [0.29, 0.717) is 6.54 Å². The number of amides is 1. The van der Waals surface area contributed by atoms with Gasteiger partial charge in [0, 0.05) is 18.8 Å². The number of hydrogen-bond acceptors (Lipinski definition) is 3. The summed E-state index contributed by atoms with van der Waals surface area (Å²) in [7, 11) is 0. The predicted molar refractivity (Wildman–Crippen MR) is 65.4 cm³/mol. The molecule has 0 spiro atoms. The normalized spacial score (nSPS) is 13.6. The molecule has 3 N–H and O–H groups in total. The molecule has 2 heterocycles. The van der Waals surface area contributed by atoms with Crippen LogP contribution in [0, 0.1) is 0 Å². The maximum atomic E-state index is 10.3. The standard InChI is InChI=1S/C12H17N3O2/c16-12(17)14-8-2-4-10-6-5-9-3-1-7-13-11(9)15-10/h5-6,14H,1-4,7-8H2,(H,13,15)(H,16,17). The van der Waals surface area contributed by atoms with Gasteiger partial charge in [0.05, 0.1) is 0 Å². The van der Waals surface area contributed by atoms with E-state index in [-0.39, 0.29) is 0 Å². The van der Waals surface area contributed by atoms with Crippen LogP contribution in [0.4, 0.5) is 10.6 Å². The molecule has 0 aromatic carbocycles. The fourth-order valence-corrected chi connectivity index (χ4v) is 1.97.